The highest BCUT2D eigenvalue weighted by molar-refractivity contribution is 7.89. The fourth-order valence-electron chi connectivity index (χ4n) is 1.29. The van der Waals surface area contributed by atoms with Gasteiger partial charge in [-0.1, -0.05) is 25.4 Å². The number of benzene rings is 1. The third-order valence-corrected chi connectivity index (χ3v) is 4.51. The van der Waals surface area contributed by atoms with Crippen molar-refractivity contribution in [2.75, 3.05) is 6.54 Å². The fourth-order valence-corrected chi connectivity index (χ4v) is 2.86. The zero-order chi connectivity index (χ0) is 14.6. The maximum Gasteiger partial charge on any atom is 0.242 e. The second-order valence-corrected chi connectivity index (χ2v) is 6.56. The Balaban J connectivity index is 2.98. The summed E-state index contributed by atoms with van der Waals surface area (Å²) in [5.74, 6) is -0.0661. The number of sulfonamides is 1. The first-order chi connectivity index (χ1) is 8.77. The van der Waals surface area contributed by atoms with Crippen molar-refractivity contribution < 1.29 is 13.5 Å². The molecule has 19 heavy (non-hydrogen) atoms. The van der Waals surface area contributed by atoms with Crippen LogP contribution in [0.3, 0.4) is 0 Å². The number of hydrogen-bond acceptors (Lipinski definition) is 4. The number of nitrogens with zero attached hydrogens (tertiary/aromatic N) is 1. The summed E-state index contributed by atoms with van der Waals surface area (Å²) in [5, 5.41) is 18.4. The second-order valence-electron chi connectivity index (χ2n) is 4.42. The van der Waals surface area contributed by atoms with Gasteiger partial charge >= 0.3 is 0 Å². The van der Waals surface area contributed by atoms with E-state index in [1.807, 2.05) is 6.07 Å². The molecule has 104 valence electrons. The van der Waals surface area contributed by atoms with Gasteiger partial charge in [0.1, 0.15) is 4.90 Å². The highest BCUT2D eigenvalue weighted by Crippen LogP contribution is 2.22. The van der Waals surface area contributed by atoms with Crippen LogP contribution in [-0.4, -0.2) is 26.2 Å². The first kappa shape index (κ1) is 15.9. The maximum absolute atomic E-state index is 12.0. The standard InChI is InChI=1S/C12H15ClN2O3S/c1-8(2)11(16)7-15-19(17,18)12-5-9(6-14)3-4-10(12)13/h3-5,8,11,15-16H,7H2,1-2H3. The summed E-state index contributed by atoms with van der Waals surface area (Å²) >= 11 is 5.82. The molecule has 0 aliphatic carbocycles. The first-order valence-electron chi connectivity index (χ1n) is 5.65. The Morgan fingerprint density at radius 3 is 2.63 bits per heavy atom. The van der Waals surface area contributed by atoms with Crippen molar-refractivity contribution in [3.8, 4) is 6.07 Å². The number of hydrogen-bond donors (Lipinski definition) is 2. The summed E-state index contributed by atoms with van der Waals surface area (Å²) < 4.78 is 26.3. The van der Waals surface area contributed by atoms with Crippen molar-refractivity contribution in [1.82, 2.24) is 4.72 Å². The number of aliphatic hydroxyl groups excluding tert-OH is 1. The lowest BCUT2D eigenvalue weighted by Gasteiger charge is -2.15. The quantitative estimate of drug-likeness (QED) is 0.862. The van der Waals surface area contributed by atoms with E-state index in [2.05, 4.69) is 4.72 Å². The van der Waals surface area contributed by atoms with Crippen LogP contribution in [0.1, 0.15) is 19.4 Å². The van der Waals surface area contributed by atoms with Gasteiger partial charge in [-0.05, 0) is 24.1 Å². The minimum Gasteiger partial charge on any atom is -0.391 e. The molecule has 0 spiro atoms. The molecule has 0 fully saturated rings. The molecule has 1 atom stereocenters. The van der Waals surface area contributed by atoms with Gasteiger partial charge in [0.05, 0.1) is 22.8 Å². The van der Waals surface area contributed by atoms with E-state index in [4.69, 9.17) is 16.9 Å². The van der Waals surface area contributed by atoms with Crippen LogP contribution < -0.4 is 4.72 Å². The molecule has 0 aromatic heterocycles. The van der Waals surface area contributed by atoms with Crippen molar-refractivity contribution in [3.63, 3.8) is 0 Å². The van der Waals surface area contributed by atoms with Crippen molar-refractivity contribution in [2.24, 2.45) is 5.92 Å². The van der Waals surface area contributed by atoms with Crippen LogP contribution in [0.2, 0.25) is 5.02 Å². The zero-order valence-electron chi connectivity index (χ0n) is 10.6. The van der Waals surface area contributed by atoms with Gasteiger partial charge in [0, 0.05) is 6.54 Å². The summed E-state index contributed by atoms with van der Waals surface area (Å²) in [6.45, 7) is 3.46. The molecule has 2 N–H and O–H groups in total. The molecule has 0 saturated carbocycles. The van der Waals surface area contributed by atoms with Crippen LogP contribution in [-0.2, 0) is 10.0 Å². The molecular formula is C12H15ClN2O3S. The van der Waals surface area contributed by atoms with Gasteiger partial charge in [-0.2, -0.15) is 5.26 Å². The maximum atomic E-state index is 12.0. The number of halogens is 1. The van der Waals surface area contributed by atoms with Gasteiger partial charge in [0.15, 0.2) is 0 Å². The monoisotopic (exact) mass is 302 g/mol. The Morgan fingerprint density at radius 2 is 2.11 bits per heavy atom. The van der Waals surface area contributed by atoms with Gasteiger partial charge in [-0.25, -0.2) is 13.1 Å². The predicted octanol–water partition coefficient (Wildman–Crippen LogP) is 1.51. The lowest BCUT2D eigenvalue weighted by atomic mass is 10.1. The van der Waals surface area contributed by atoms with Crippen molar-refractivity contribution in [3.05, 3.63) is 28.8 Å². The van der Waals surface area contributed by atoms with E-state index >= 15 is 0 Å². The SMILES string of the molecule is CC(C)C(O)CNS(=O)(=O)c1cc(C#N)ccc1Cl. The highest BCUT2D eigenvalue weighted by Gasteiger charge is 2.20. The van der Waals surface area contributed by atoms with Crippen LogP contribution in [0.5, 0.6) is 0 Å². The average molecular weight is 303 g/mol. The van der Waals surface area contributed by atoms with E-state index in [1.165, 1.54) is 18.2 Å². The van der Waals surface area contributed by atoms with Crippen LogP contribution in [0.25, 0.3) is 0 Å². The fraction of sp³-hybridized carbons (Fsp3) is 0.417. The zero-order valence-corrected chi connectivity index (χ0v) is 12.2. The molecule has 1 rings (SSSR count). The number of nitrogens with one attached hydrogen (secondary N) is 1. The summed E-state index contributed by atoms with van der Waals surface area (Å²) in [6, 6.07) is 5.84. The number of nitriles is 1. The second kappa shape index (κ2) is 6.35. The van der Waals surface area contributed by atoms with Crippen LogP contribution in [0, 0.1) is 17.2 Å². The first-order valence-corrected chi connectivity index (χ1v) is 7.51. The lowest BCUT2D eigenvalue weighted by Crippen LogP contribution is -2.34. The smallest absolute Gasteiger partial charge is 0.242 e. The molecule has 1 aromatic carbocycles. The Bertz CT molecular complexity index is 593. The molecule has 0 aliphatic rings. The molecule has 0 radical (unpaired) electrons. The third kappa shape index (κ3) is 4.18. The molecule has 0 bridgehead atoms. The van der Waals surface area contributed by atoms with Gasteiger partial charge in [0.2, 0.25) is 10.0 Å². The average Bonchev–Trinajstić information content (AvgIpc) is 2.36. The Labute approximate surface area is 117 Å². The van der Waals surface area contributed by atoms with Crippen molar-refractivity contribution in [2.45, 2.75) is 24.8 Å². The van der Waals surface area contributed by atoms with E-state index in [-0.39, 0.29) is 27.9 Å². The molecule has 0 heterocycles. The summed E-state index contributed by atoms with van der Waals surface area (Å²) in [5.41, 5.74) is 0.203. The predicted molar refractivity (Wildman–Crippen MR) is 72.2 cm³/mol. The third-order valence-electron chi connectivity index (χ3n) is 2.60. The molecular weight excluding hydrogens is 288 g/mol. The van der Waals surface area contributed by atoms with E-state index in [9.17, 15) is 13.5 Å². The number of aliphatic hydroxyl groups is 1. The van der Waals surface area contributed by atoms with Crippen LogP contribution in [0.4, 0.5) is 0 Å². The van der Waals surface area contributed by atoms with Crippen molar-refractivity contribution >= 4 is 21.6 Å². The molecule has 0 saturated heterocycles. The minimum atomic E-state index is -3.85. The Morgan fingerprint density at radius 1 is 1.47 bits per heavy atom. The van der Waals surface area contributed by atoms with E-state index in [0.717, 1.165) is 0 Å². The molecule has 0 amide bonds. The number of rotatable bonds is 5. The van der Waals surface area contributed by atoms with Crippen molar-refractivity contribution in [1.29, 1.82) is 5.26 Å². The summed E-state index contributed by atoms with van der Waals surface area (Å²) in [6.07, 6.45) is -0.785. The van der Waals surface area contributed by atoms with Crippen LogP contribution >= 0.6 is 11.6 Å². The largest absolute Gasteiger partial charge is 0.391 e. The lowest BCUT2D eigenvalue weighted by molar-refractivity contribution is 0.129. The van der Waals surface area contributed by atoms with E-state index in [1.54, 1.807) is 13.8 Å². The highest BCUT2D eigenvalue weighted by atomic mass is 35.5. The summed E-state index contributed by atoms with van der Waals surface area (Å²) in [7, 11) is -3.85. The van der Waals surface area contributed by atoms with E-state index in [0.29, 0.717) is 0 Å². The summed E-state index contributed by atoms with van der Waals surface area (Å²) in [4.78, 5) is -0.163. The van der Waals surface area contributed by atoms with Gasteiger partial charge in [-0.3, -0.25) is 0 Å². The van der Waals surface area contributed by atoms with Gasteiger partial charge in [-0.15, -0.1) is 0 Å². The Hall–Kier alpha value is -1.13. The molecule has 1 unspecified atom stereocenters. The van der Waals surface area contributed by atoms with Gasteiger partial charge in [0.25, 0.3) is 0 Å². The Kier molecular flexibility index (Phi) is 5.32. The topological polar surface area (TPSA) is 90.2 Å². The van der Waals surface area contributed by atoms with Crippen LogP contribution in [0.15, 0.2) is 23.1 Å². The molecule has 1 aromatic rings. The molecule has 5 nitrogen and oxygen atoms in total. The molecule has 0 aliphatic heterocycles. The van der Waals surface area contributed by atoms with E-state index < -0.39 is 16.1 Å². The normalized spacial score (nSPS) is 13.3. The molecule has 7 heteroatoms. The minimum absolute atomic E-state index is 0.0329. The van der Waals surface area contributed by atoms with Gasteiger partial charge < -0.3 is 5.11 Å².